The average Bonchev–Trinajstić information content (AvgIpc) is 2.89. The van der Waals surface area contributed by atoms with Crippen LogP contribution in [0.5, 0.6) is 0 Å². The minimum Gasteiger partial charge on any atom is -0.384 e. The number of hydrogen-bond donors (Lipinski definition) is 0. The number of fused-ring (bicyclic) bond motifs is 1. The topological polar surface area (TPSA) is 52.8 Å². The number of ether oxygens (including phenoxy) is 1. The third-order valence-corrected chi connectivity index (χ3v) is 3.56. The van der Waals surface area contributed by atoms with Crippen molar-refractivity contribution in [3.63, 3.8) is 0 Å². The molecule has 5 heteroatoms. The van der Waals surface area contributed by atoms with Crippen LogP contribution in [0.15, 0.2) is 30.3 Å². The summed E-state index contributed by atoms with van der Waals surface area (Å²) in [5, 5.41) is 8.50. The average molecular weight is 282 g/mol. The molecule has 2 heterocycles. The fourth-order valence-electron chi connectivity index (χ4n) is 2.56. The summed E-state index contributed by atoms with van der Waals surface area (Å²) in [5.74, 6) is 0.846. The van der Waals surface area contributed by atoms with E-state index in [2.05, 4.69) is 28.3 Å². The van der Waals surface area contributed by atoms with Crippen molar-refractivity contribution in [3.8, 4) is 5.82 Å². The molecule has 0 amide bonds. The minimum absolute atomic E-state index is 0.658. The van der Waals surface area contributed by atoms with E-state index in [1.165, 1.54) is 5.56 Å². The van der Waals surface area contributed by atoms with Gasteiger partial charge in [0.15, 0.2) is 5.82 Å². The molecule has 1 aromatic carbocycles. The van der Waals surface area contributed by atoms with Crippen LogP contribution in [0.4, 0.5) is 0 Å². The Morgan fingerprint density at radius 1 is 1.19 bits per heavy atom. The molecule has 0 atom stereocenters. The molecule has 0 unspecified atom stereocenters. The number of rotatable bonds is 4. The highest BCUT2D eigenvalue weighted by molar-refractivity contribution is 5.75. The van der Waals surface area contributed by atoms with Gasteiger partial charge in [-0.25, -0.2) is 4.98 Å². The third kappa shape index (κ3) is 2.52. The van der Waals surface area contributed by atoms with Gasteiger partial charge in [0.25, 0.3) is 0 Å². The Balaban J connectivity index is 2.20. The van der Waals surface area contributed by atoms with E-state index in [9.17, 15) is 0 Å². The van der Waals surface area contributed by atoms with E-state index in [0.29, 0.717) is 6.61 Å². The van der Waals surface area contributed by atoms with Gasteiger partial charge in [0.2, 0.25) is 0 Å². The van der Waals surface area contributed by atoms with E-state index >= 15 is 0 Å². The number of hydrogen-bond acceptors (Lipinski definition) is 4. The first-order chi connectivity index (χ1) is 10.2. The lowest BCUT2D eigenvalue weighted by Gasteiger charge is -2.13. The maximum absolute atomic E-state index is 5.22. The van der Waals surface area contributed by atoms with Gasteiger partial charge in [-0.05, 0) is 44.0 Å². The standard InChI is InChI=1S/C16H18N4O/c1-11-10-12(2)17-16(13(11)8-9-21-3)20-15-7-5-4-6-14(15)18-19-20/h4-7,10H,8-9H2,1-3H3. The second-order valence-electron chi connectivity index (χ2n) is 5.12. The van der Waals surface area contributed by atoms with Crippen molar-refractivity contribution >= 4 is 11.0 Å². The van der Waals surface area contributed by atoms with Crippen LogP contribution in [0.2, 0.25) is 0 Å². The highest BCUT2D eigenvalue weighted by Crippen LogP contribution is 2.21. The number of methoxy groups -OCH3 is 1. The molecule has 3 aromatic rings. The highest BCUT2D eigenvalue weighted by Gasteiger charge is 2.14. The molecule has 2 aromatic heterocycles. The normalized spacial score (nSPS) is 11.2. The molecule has 21 heavy (non-hydrogen) atoms. The molecule has 0 radical (unpaired) electrons. The van der Waals surface area contributed by atoms with E-state index in [1.54, 1.807) is 7.11 Å². The highest BCUT2D eigenvalue weighted by atomic mass is 16.5. The fraction of sp³-hybridized carbons (Fsp3) is 0.312. The minimum atomic E-state index is 0.658. The van der Waals surface area contributed by atoms with E-state index in [-0.39, 0.29) is 0 Å². The Morgan fingerprint density at radius 2 is 2.00 bits per heavy atom. The number of pyridine rings is 1. The summed E-state index contributed by atoms with van der Waals surface area (Å²) in [6.45, 7) is 4.75. The Labute approximate surface area is 123 Å². The van der Waals surface area contributed by atoms with Crippen LogP contribution in [0, 0.1) is 13.8 Å². The summed E-state index contributed by atoms with van der Waals surface area (Å²) >= 11 is 0. The van der Waals surface area contributed by atoms with Gasteiger partial charge in [-0.15, -0.1) is 5.10 Å². The molecule has 0 N–H and O–H groups in total. The maximum atomic E-state index is 5.22. The molecule has 5 nitrogen and oxygen atoms in total. The van der Waals surface area contributed by atoms with Crippen molar-refractivity contribution in [2.75, 3.05) is 13.7 Å². The molecule has 0 aliphatic rings. The lowest BCUT2D eigenvalue weighted by molar-refractivity contribution is 0.202. The second kappa shape index (κ2) is 5.61. The predicted molar refractivity (Wildman–Crippen MR) is 81.7 cm³/mol. The van der Waals surface area contributed by atoms with Crippen LogP contribution < -0.4 is 0 Å². The summed E-state index contributed by atoms with van der Waals surface area (Å²) in [6, 6.07) is 10.0. The van der Waals surface area contributed by atoms with Crippen molar-refractivity contribution < 1.29 is 4.74 Å². The number of nitrogens with zero attached hydrogens (tertiary/aromatic N) is 4. The van der Waals surface area contributed by atoms with E-state index in [0.717, 1.165) is 34.5 Å². The third-order valence-electron chi connectivity index (χ3n) is 3.56. The van der Waals surface area contributed by atoms with Gasteiger partial charge in [0, 0.05) is 18.4 Å². The Morgan fingerprint density at radius 3 is 2.81 bits per heavy atom. The first-order valence-electron chi connectivity index (χ1n) is 6.97. The molecule has 0 saturated carbocycles. The smallest absolute Gasteiger partial charge is 0.159 e. The first-order valence-corrected chi connectivity index (χ1v) is 6.97. The molecule has 108 valence electrons. The second-order valence-corrected chi connectivity index (χ2v) is 5.12. The molecule has 0 aliphatic carbocycles. The van der Waals surface area contributed by atoms with Crippen LogP contribution in [-0.2, 0) is 11.2 Å². The van der Waals surface area contributed by atoms with Gasteiger partial charge in [0.1, 0.15) is 5.52 Å². The van der Waals surface area contributed by atoms with Gasteiger partial charge in [-0.2, -0.15) is 4.68 Å². The van der Waals surface area contributed by atoms with Crippen LogP contribution in [0.3, 0.4) is 0 Å². The fourth-order valence-corrected chi connectivity index (χ4v) is 2.56. The first kappa shape index (κ1) is 13.7. The zero-order chi connectivity index (χ0) is 14.8. The Hall–Kier alpha value is -2.27. The van der Waals surface area contributed by atoms with Crippen LogP contribution in [0.25, 0.3) is 16.9 Å². The number of aryl methyl sites for hydroxylation is 2. The lowest BCUT2D eigenvalue weighted by Crippen LogP contribution is -2.10. The van der Waals surface area contributed by atoms with E-state index in [4.69, 9.17) is 4.74 Å². The van der Waals surface area contributed by atoms with Gasteiger partial charge in [0.05, 0.1) is 12.1 Å². The van der Waals surface area contributed by atoms with Gasteiger partial charge >= 0.3 is 0 Å². The molecular formula is C16H18N4O. The monoisotopic (exact) mass is 282 g/mol. The maximum Gasteiger partial charge on any atom is 0.159 e. The molecule has 0 saturated heterocycles. The van der Waals surface area contributed by atoms with Gasteiger partial charge < -0.3 is 4.74 Å². The van der Waals surface area contributed by atoms with Crippen molar-refractivity contribution in [1.82, 2.24) is 20.0 Å². The molecular weight excluding hydrogens is 264 g/mol. The molecule has 0 fully saturated rings. The van der Waals surface area contributed by atoms with Gasteiger partial charge in [-0.3, -0.25) is 0 Å². The number of aromatic nitrogens is 4. The summed E-state index contributed by atoms with van der Waals surface area (Å²) in [4.78, 5) is 4.68. The quantitative estimate of drug-likeness (QED) is 0.738. The van der Waals surface area contributed by atoms with Crippen LogP contribution >= 0.6 is 0 Å². The predicted octanol–water partition coefficient (Wildman–Crippen LogP) is 2.62. The summed E-state index contributed by atoms with van der Waals surface area (Å²) in [6.07, 6.45) is 0.805. The van der Waals surface area contributed by atoms with Crippen molar-refractivity contribution in [3.05, 3.63) is 47.2 Å². The summed E-state index contributed by atoms with van der Waals surface area (Å²) < 4.78 is 7.04. The number of para-hydroxylation sites is 1. The van der Waals surface area contributed by atoms with Crippen molar-refractivity contribution in [2.24, 2.45) is 0 Å². The lowest BCUT2D eigenvalue weighted by atomic mass is 10.1. The largest absolute Gasteiger partial charge is 0.384 e. The molecule has 0 spiro atoms. The molecule has 0 bridgehead atoms. The Kier molecular flexibility index (Phi) is 3.66. The number of benzene rings is 1. The SMILES string of the molecule is COCCc1c(C)cc(C)nc1-n1nnc2ccccc21. The molecule has 3 rings (SSSR count). The van der Waals surface area contributed by atoms with E-state index < -0.39 is 0 Å². The summed E-state index contributed by atoms with van der Waals surface area (Å²) in [5.41, 5.74) is 5.17. The van der Waals surface area contributed by atoms with Crippen molar-refractivity contribution in [1.29, 1.82) is 0 Å². The zero-order valence-corrected chi connectivity index (χ0v) is 12.5. The van der Waals surface area contributed by atoms with Crippen LogP contribution in [-0.4, -0.2) is 33.7 Å². The summed E-state index contributed by atoms with van der Waals surface area (Å²) in [7, 11) is 1.71. The zero-order valence-electron chi connectivity index (χ0n) is 12.5. The Bertz CT molecular complexity index is 779. The van der Waals surface area contributed by atoms with Gasteiger partial charge in [-0.1, -0.05) is 17.3 Å². The van der Waals surface area contributed by atoms with E-state index in [1.807, 2.05) is 35.9 Å². The van der Waals surface area contributed by atoms with Crippen LogP contribution in [0.1, 0.15) is 16.8 Å². The molecule has 0 aliphatic heterocycles. The van der Waals surface area contributed by atoms with Crippen molar-refractivity contribution in [2.45, 2.75) is 20.3 Å².